The van der Waals surface area contributed by atoms with Gasteiger partial charge in [0.25, 0.3) is 0 Å². The second-order valence-electron chi connectivity index (χ2n) is 5.28. The molecule has 1 aliphatic heterocycles. The van der Waals surface area contributed by atoms with Crippen LogP contribution in [0.4, 0.5) is 0 Å². The van der Waals surface area contributed by atoms with Gasteiger partial charge >= 0.3 is 0 Å². The van der Waals surface area contributed by atoms with Crippen LogP contribution in [0.3, 0.4) is 0 Å². The van der Waals surface area contributed by atoms with E-state index in [0.29, 0.717) is 19.6 Å². The number of unbranched alkanes of at least 4 members (excludes halogenated alkanes) is 1. The average molecular weight is 270 g/mol. The van der Waals surface area contributed by atoms with Gasteiger partial charge in [-0.25, -0.2) is 0 Å². The van der Waals surface area contributed by atoms with Crippen LogP contribution < -0.4 is 5.32 Å². The molecule has 1 rings (SSSR count). The lowest BCUT2D eigenvalue weighted by atomic mass is 9.94. The van der Waals surface area contributed by atoms with Crippen LogP contribution in [-0.2, 0) is 14.3 Å². The van der Waals surface area contributed by atoms with Crippen molar-refractivity contribution < 1.29 is 14.3 Å². The normalized spacial score (nSPS) is 23.6. The van der Waals surface area contributed by atoms with E-state index in [0.717, 1.165) is 25.9 Å². The monoisotopic (exact) mass is 270 g/mol. The fraction of sp³-hybridized carbons (Fsp3) is 0.857. The van der Waals surface area contributed by atoms with Gasteiger partial charge in [0.2, 0.25) is 11.8 Å². The Labute approximate surface area is 115 Å². The van der Waals surface area contributed by atoms with Gasteiger partial charge in [0.05, 0.1) is 6.54 Å². The number of carbonyl (C=O) groups excluding carboxylic acids is 2. The van der Waals surface area contributed by atoms with Gasteiger partial charge in [-0.1, -0.05) is 20.3 Å². The first kappa shape index (κ1) is 16.0. The number of amides is 2. The van der Waals surface area contributed by atoms with Gasteiger partial charge in [0.15, 0.2) is 0 Å². The van der Waals surface area contributed by atoms with Crippen LogP contribution >= 0.6 is 0 Å². The Morgan fingerprint density at radius 2 is 1.95 bits per heavy atom. The fourth-order valence-corrected chi connectivity index (χ4v) is 2.12. The molecule has 5 heteroatoms. The van der Waals surface area contributed by atoms with Crippen LogP contribution in [0.25, 0.3) is 0 Å². The van der Waals surface area contributed by atoms with E-state index in [1.54, 1.807) is 11.8 Å². The van der Waals surface area contributed by atoms with E-state index in [2.05, 4.69) is 12.2 Å². The number of rotatable bonds is 8. The van der Waals surface area contributed by atoms with Crippen LogP contribution in [-0.4, -0.2) is 48.6 Å². The highest BCUT2D eigenvalue weighted by Crippen LogP contribution is 2.17. The molecular weight excluding hydrogens is 244 g/mol. The van der Waals surface area contributed by atoms with Crippen molar-refractivity contribution in [2.24, 2.45) is 0 Å². The number of nitrogens with zero attached hydrogens (tertiary/aromatic N) is 1. The van der Waals surface area contributed by atoms with E-state index in [-0.39, 0.29) is 18.4 Å². The molecule has 19 heavy (non-hydrogen) atoms. The third-order valence-corrected chi connectivity index (χ3v) is 3.58. The van der Waals surface area contributed by atoms with Gasteiger partial charge in [-0.05, 0) is 26.2 Å². The number of piperazine rings is 1. The first-order chi connectivity index (χ1) is 9.03. The highest BCUT2D eigenvalue weighted by molar-refractivity contribution is 5.97. The number of hydrogen-bond acceptors (Lipinski definition) is 3. The topological polar surface area (TPSA) is 58.6 Å². The maximum atomic E-state index is 12.3. The fourth-order valence-electron chi connectivity index (χ4n) is 2.12. The number of hydrogen-bond donors (Lipinski definition) is 1. The Morgan fingerprint density at radius 1 is 1.26 bits per heavy atom. The van der Waals surface area contributed by atoms with Gasteiger partial charge < -0.3 is 15.0 Å². The maximum Gasteiger partial charge on any atom is 0.248 e. The van der Waals surface area contributed by atoms with Crippen molar-refractivity contribution in [1.29, 1.82) is 0 Å². The minimum absolute atomic E-state index is 0.0168. The molecule has 0 bridgehead atoms. The molecule has 2 amide bonds. The molecule has 110 valence electrons. The first-order valence-electron chi connectivity index (χ1n) is 7.21. The lowest BCUT2D eigenvalue weighted by Crippen LogP contribution is -2.65. The predicted molar refractivity (Wildman–Crippen MR) is 73.8 cm³/mol. The Kier molecular flexibility index (Phi) is 6.28. The molecule has 0 spiro atoms. The van der Waals surface area contributed by atoms with Gasteiger partial charge in [-0.15, -0.1) is 0 Å². The zero-order chi connectivity index (χ0) is 14.3. The van der Waals surface area contributed by atoms with Crippen LogP contribution in [0, 0.1) is 0 Å². The van der Waals surface area contributed by atoms with Crippen LogP contribution in [0.2, 0.25) is 0 Å². The van der Waals surface area contributed by atoms with Crippen molar-refractivity contribution in [2.45, 2.75) is 52.0 Å². The summed E-state index contributed by atoms with van der Waals surface area (Å²) in [4.78, 5) is 25.5. The molecule has 1 saturated heterocycles. The quantitative estimate of drug-likeness (QED) is 0.677. The highest BCUT2D eigenvalue weighted by atomic mass is 16.5. The zero-order valence-corrected chi connectivity index (χ0v) is 12.3. The molecule has 0 aromatic carbocycles. The number of ether oxygens (including phenoxy) is 1. The molecule has 0 aliphatic carbocycles. The Balaban J connectivity index is 2.36. The smallest absolute Gasteiger partial charge is 0.248 e. The molecule has 0 aromatic heterocycles. The molecule has 1 N–H and O–H groups in total. The summed E-state index contributed by atoms with van der Waals surface area (Å²) in [6.45, 7) is 8.01. The van der Waals surface area contributed by atoms with E-state index in [4.69, 9.17) is 4.74 Å². The standard InChI is InChI=1S/C14H26N2O3/c1-4-6-9-19-10-7-8-16-11-12(17)15-14(3,5-2)13(16)18/h4-11H2,1-3H3,(H,15,17). The Morgan fingerprint density at radius 3 is 2.58 bits per heavy atom. The third kappa shape index (κ3) is 4.49. The van der Waals surface area contributed by atoms with Gasteiger partial charge in [-0.3, -0.25) is 9.59 Å². The molecule has 1 atom stereocenters. The molecular formula is C14H26N2O3. The summed E-state index contributed by atoms with van der Waals surface area (Å²) in [5.74, 6) is -0.0565. The third-order valence-electron chi connectivity index (χ3n) is 3.58. The Bertz CT molecular complexity index is 320. The van der Waals surface area contributed by atoms with Crippen molar-refractivity contribution >= 4 is 11.8 Å². The molecule has 5 nitrogen and oxygen atoms in total. The summed E-state index contributed by atoms with van der Waals surface area (Å²) < 4.78 is 5.47. The van der Waals surface area contributed by atoms with Gasteiger partial charge in [0.1, 0.15) is 5.54 Å². The van der Waals surface area contributed by atoms with Gasteiger partial charge in [-0.2, -0.15) is 0 Å². The number of nitrogens with one attached hydrogen (secondary N) is 1. The highest BCUT2D eigenvalue weighted by Gasteiger charge is 2.41. The minimum atomic E-state index is -0.738. The van der Waals surface area contributed by atoms with Crippen LogP contribution in [0.15, 0.2) is 0 Å². The summed E-state index contributed by atoms with van der Waals surface area (Å²) >= 11 is 0. The zero-order valence-electron chi connectivity index (χ0n) is 12.3. The van der Waals surface area contributed by atoms with E-state index >= 15 is 0 Å². The summed E-state index contributed by atoms with van der Waals surface area (Å²) in [7, 11) is 0. The summed E-state index contributed by atoms with van der Waals surface area (Å²) in [5, 5.41) is 2.78. The van der Waals surface area contributed by atoms with Crippen molar-refractivity contribution in [3.63, 3.8) is 0 Å². The maximum absolute atomic E-state index is 12.3. The minimum Gasteiger partial charge on any atom is -0.381 e. The van der Waals surface area contributed by atoms with Crippen molar-refractivity contribution in [3.05, 3.63) is 0 Å². The second kappa shape index (κ2) is 7.48. The van der Waals surface area contributed by atoms with Crippen molar-refractivity contribution in [2.75, 3.05) is 26.3 Å². The first-order valence-corrected chi connectivity index (χ1v) is 7.21. The number of carbonyl (C=O) groups is 2. The molecule has 1 aliphatic rings. The molecule has 1 heterocycles. The van der Waals surface area contributed by atoms with E-state index in [1.165, 1.54) is 0 Å². The molecule has 1 unspecified atom stereocenters. The summed E-state index contributed by atoms with van der Waals surface area (Å²) in [6.07, 6.45) is 3.59. The largest absolute Gasteiger partial charge is 0.381 e. The molecule has 0 aromatic rings. The van der Waals surface area contributed by atoms with Crippen LogP contribution in [0.1, 0.15) is 46.5 Å². The molecule has 0 radical (unpaired) electrons. The summed E-state index contributed by atoms with van der Waals surface area (Å²) in [5.41, 5.74) is -0.738. The Hall–Kier alpha value is -1.10. The average Bonchev–Trinajstić information content (AvgIpc) is 2.39. The van der Waals surface area contributed by atoms with Crippen molar-refractivity contribution in [1.82, 2.24) is 10.2 Å². The van der Waals surface area contributed by atoms with Gasteiger partial charge in [0, 0.05) is 19.8 Å². The lowest BCUT2D eigenvalue weighted by Gasteiger charge is -2.39. The summed E-state index contributed by atoms with van der Waals surface area (Å²) in [6, 6.07) is 0. The predicted octanol–water partition coefficient (Wildman–Crippen LogP) is 1.32. The second-order valence-corrected chi connectivity index (χ2v) is 5.28. The lowest BCUT2D eigenvalue weighted by molar-refractivity contribution is -0.149. The molecule has 0 saturated carbocycles. The van der Waals surface area contributed by atoms with E-state index in [1.807, 2.05) is 6.92 Å². The van der Waals surface area contributed by atoms with Crippen molar-refractivity contribution in [3.8, 4) is 0 Å². The van der Waals surface area contributed by atoms with E-state index < -0.39 is 5.54 Å². The van der Waals surface area contributed by atoms with Crippen LogP contribution in [0.5, 0.6) is 0 Å². The van der Waals surface area contributed by atoms with E-state index in [9.17, 15) is 9.59 Å². The SMILES string of the molecule is CCCCOCCCN1CC(=O)NC(C)(CC)C1=O. The molecule has 1 fully saturated rings.